The van der Waals surface area contributed by atoms with Crippen molar-refractivity contribution in [1.29, 1.82) is 0 Å². The molecule has 0 aromatic carbocycles. The van der Waals surface area contributed by atoms with Crippen LogP contribution in [-0.2, 0) is 16.3 Å². The van der Waals surface area contributed by atoms with Crippen molar-refractivity contribution in [1.82, 2.24) is 5.32 Å². The molecule has 0 bridgehead atoms. The third-order valence-corrected chi connectivity index (χ3v) is 5.98. The number of likely N-dealkylation sites (N-methyl/N-ethyl adjacent to an activating group) is 1. The van der Waals surface area contributed by atoms with Crippen LogP contribution in [0.2, 0.25) is 0 Å². The minimum atomic E-state index is -2.74. The van der Waals surface area contributed by atoms with Gasteiger partial charge in [0.15, 0.2) is 9.84 Å². The van der Waals surface area contributed by atoms with Crippen molar-refractivity contribution in [2.24, 2.45) is 5.92 Å². The van der Waals surface area contributed by atoms with E-state index in [9.17, 15) is 8.42 Å². The minimum Gasteiger partial charge on any atom is -0.317 e. The van der Waals surface area contributed by atoms with Gasteiger partial charge in [-0.2, -0.15) is 11.3 Å². The maximum atomic E-state index is 11.4. The second-order valence-electron chi connectivity index (χ2n) is 4.83. The van der Waals surface area contributed by atoms with Crippen molar-refractivity contribution in [2.45, 2.75) is 25.3 Å². The number of nitrogens with one attached hydrogen (secondary N) is 1. The van der Waals surface area contributed by atoms with Crippen LogP contribution in [0.25, 0.3) is 0 Å². The zero-order chi connectivity index (χ0) is 12.3. The van der Waals surface area contributed by atoms with Gasteiger partial charge in [-0.05, 0) is 54.6 Å². The lowest BCUT2D eigenvalue weighted by molar-refractivity contribution is 0.424. The molecule has 0 radical (unpaired) electrons. The molecule has 17 heavy (non-hydrogen) atoms. The Hall–Kier alpha value is -0.390. The lowest BCUT2D eigenvalue weighted by atomic mass is 9.96. The first-order valence-electron chi connectivity index (χ1n) is 5.98. The Balaban J connectivity index is 1.88. The minimum absolute atomic E-state index is 0.344. The SMILES string of the molecule is CNC(Cc1ccsc1)CC1CCS(=O)(=O)C1. The zero-order valence-corrected chi connectivity index (χ0v) is 11.7. The number of hydrogen-bond donors (Lipinski definition) is 1. The van der Waals surface area contributed by atoms with Gasteiger partial charge in [-0.1, -0.05) is 0 Å². The predicted octanol–water partition coefficient (Wildman–Crippen LogP) is 1.70. The number of thiophene rings is 1. The highest BCUT2D eigenvalue weighted by Crippen LogP contribution is 2.24. The molecule has 1 aliphatic rings. The first kappa shape index (κ1) is 13.1. The van der Waals surface area contributed by atoms with Crippen molar-refractivity contribution in [3.05, 3.63) is 22.4 Å². The van der Waals surface area contributed by atoms with Gasteiger partial charge in [-0.15, -0.1) is 0 Å². The Bertz CT molecular complexity index is 439. The van der Waals surface area contributed by atoms with Crippen LogP contribution in [0.5, 0.6) is 0 Å². The van der Waals surface area contributed by atoms with E-state index in [1.54, 1.807) is 11.3 Å². The van der Waals surface area contributed by atoms with Gasteiger partial charge in [-0.3, -0.25) is 0 Å². The van der Waals surface area contributed by atoms with E-state index in [0.717, 1.165) is 19.3 Å². The molecule has 1 N–H and O–H groups in total. The number of rotatable bonds is 5. The van der Waals surface area contributed by atoms with E-state index in [1.165, 1.54) is 5.56 Å². The molecule has 1 fully saturated rings. The van der Waals surface area contributed by atoms with Crippen molar-refractivity contribution in [3.8, 4) is 0 Å². The van der Waals surface area contributed by atoms with Crippen molar-refractivity contribution < 1.29 is 8.42 Å². The molecule has 1 aromatic rings. The monoisotopic (exact) mass is 273 g/mol. The molecular weight excluding hydrogens is 254 g/mol. The first-order chi connectivity index (χ1) is 8.09. The summed E-state index contributed by atoms with van der Waals surface area (Å²) >= 11 is 1.71. The molecule has 3 nitrogen and oxygen atoms in total. The third-order valence-electron chi connectivity index (χ3n) is 3.42. The summed E-state index contributed by atoms with van der Waals surface area (Å²) in [6.45, 7) is 0. The molecule has 2 unspecified atom stereocenters. The molecule has 0 amide bonds. The van der Waals surface area contributed by atoms with Gasteiger partial charge < -0.3 is 5.32 Å². The molecule has 96 valence electrons. The van der Waals surface area contributed by atoms with Crippen LogP contribution >= 0.6 is 11.3 Å². The van der Waals surface area contributed by atoms with E-state index in [4.69, 9.17) is 0 Å². The van der Waals surface area contributed by atoms with Crippen LogP contribution in [0.15, 0.2) is 16.8 Å². The second-order valence-corrected chi connectivity index (χ2v) is 7.83. The molecule has 2 atom stereocenters. The lowest BCUT2D eigenvalue weighted by Crippen LogP contribution is -2.30. The predicted molar refractivity (Wildman–Crippen MR) is 72.2 cm³/mol. The molecule has 1 saturated heterocycles. The molecule has 1 aromatic heterocycles. The Labute approximate surface area is 107 Å². The highest BCUT2D eigenvalue weighted by molar-refractivity contribution is 7.91. The van der Waals surface area contributed by atoms with E-state index >= 15 is 0 Å². The summed E-state index contributed by atoms with van der Waals surface area (Å²) in [4.78, 5) is 0. The van der Waals surface area contributed by atoms with Crippen molar-refractivity contribution in [2.75, 3.05) is 18.6 Å². The van der Waals surface area contributed by atoms with Crippen LogP contribution in [0, 0.1) is 5.92 Å². The summed E-state index contributed by atoms with van der Waals surface area (Å²) in [5.74, 6) is 1.11. The number of hydrogen-bond acceptors (Lipinski definition) is 4. The summed E-state index contributed by atoms with van der Waals surface area (Å²) < 4.78 is 22.8. The highest BCUT2D eigenvalue weighted by atomic mass is 32.2. The Kier molecular flexibility index (Phi) is 4.22. The van der Waals surface area contributed by atoms with Gasteiger partial charge in [0, 0.05) is 6.04 Å². The fourth-order valence-corrected chi connectivity index (χ4v) is 5.02. The van der Waals surface area contributed by atoms with Crippen LogP contribution in [0.4, 0.5) is 0 Å². The van der Waals surface area contributed by atoms with E-state index in [2.05, 4.69) is 22.1 Å². The molecule has 2 heterocycles. The third kappa shape index (κ3) is 3.79. The standard InChI is InChI=1S/C12H19NO2S2/c1-13-12(6-10-2-4-16-8-10)7-11-3-5-17(14,15)9-11/h2,4,8,11-13H,3,5-7,9H2,1H3. The Morgan fingerprint density at radius 3 is 2.94 bits per heavy atom. The maximum Gasteiger partial charge on any atom is 0.150 e. The Morgan fingerprint density at radius 1 is 1.59 bits per heavy atom. The van der Waals surface area contributed by atoms with Gasteiger partial charge in [0.05, 0.1) is 11.5 Å². The highest BCUT2D eigenvalue weighted by Gasteiger charge is 2.29. The first-order valence-corrected chi connectivity index (χ1v) is 8.74. The number of sulfone groups is 1. The maximum absolute atomic E-state index is 11.4. The Morgan fingerprint density at radius 2 is 2.41 bits per heavy atom. The molecule has 2 rings (SSSR count). The van der Waals surface area contributed by atoms with Crippen LogP contribution < -0.4 is 5.32 Å². The van der Waals surface area contributed by atoms with Crippen molar-refractivity contribution >= 4 is 21.2 Å². The van der Waals surface area contributed by atoms with E-state index < -0.39 is 9.84 Å². The van der Waals surface area contributed by atoms with E-state index in [0.29, 0.717) is 23.5 Å². The van der Waals surface area contributed by atoms with Crippen LogP contribution in [0.1, 0.15) is 18.4 Å². The quantitative estimate of drug-likeness (QED) is 0.888. The molecule has 0 spiro atoms. The van der Waals surface area contributed by atoms with E-state index in [1.807, 2.05) is 7.05 Å². The van der Waals surface area contributed by atoms with Gasteiger partial charge in [0.25, 0.3) is 0 Å². The van der Waals surface area contributed by atoms with Crippen molar-refractivity contribution in [3.63, 3.8) is 0 Å². The molecular formula is C12H19NO2S2. The van der Waals surface area contributed by atoms with Crippen LogP contribution in [-0.4, -0.2) is 33.0 Å². The molecule has 0 saturated carbocycles. The second kappa shape index (κ2) is 5.50. The zero-order valence-electron chi connectivity index (χ0n) is 10.1. The molecule has 5 heteroatoms. The van der Waals surface area contributed by atoms with Gasteiger partial charge in [-0.25, -0.2) is 8.42 Å². The topological polar surface area (TPSA) is 46.2 Å². The summed E-state index contributed by atoms with van der Waals surface area (Å²) in [5.41, 5.74) is 1.34. The average Bonchev–Trinajstić information content (AvgIpc) is 2.87. The average molecular weight is 273 g/mol. The largest absolute Gasteiger partial charge is 0.317 e. The molecule has 1 aliphatic heterocycles. The van der Waals surface area contributed by atoms with Gasteiger partial charge >= 0.3 is 0 Å². The summed E-state index contributed by atoms with van der Waals surface area (Å²) in [6.07, 6.45) is 2.80. The van der Waals surface area contributed by atoms with Gasteiger partial charge in [0.2, 0.25) is 0 Å². The summed E-state index contributed by atoms with van der Waals surface area (Å²) in [7, 11) is -0.778. The fourth-order valence-electron chi connectivity index (χ4n) is 2.46. The lowest BCUT2D eigenvalue weighted by Gasteiger charge is -2.18. The normalized spacial score (nSPS) is 24.9. The van der Waals surface area contributed by atoms with Gasteiger partial charge in [0.1, 0.15) is 0 Å². The van der Waals surface area contributed by atoms with E-state index in [-0.39, 0.29) is 0 Å². The summed E-state index contributed by atoms with van der Waals surface area (Å²) in [5, 5.41) is 7.55. The summed E-state index contributed by atoms with van der Waals surface area (Å²) in [6, 6.07) is 2.53. The fraction of sp³-hybridized carbons (Fsp3) is 0.667. The smallest absolute Gasteiger partial charge is 0.150 e. The molecule has 0 aliphatic carbocycles. The van der Waals surface area contributed by atoms with Crippen LogP contribution in [0.3, 0.4) is 0 Å².